The molecule has 14 nitrogen and oxygen atoms in total. The molecule has 0 saturated carbocycles. The number of rotatable bonds is 30. The highest BCUT2D eigenvalue weighted by Crippen LogP contribution is 2.48. The van der Waals surface area contributed by atoms with Crippen molar-refractivity contribution in [1.29, 1.82) is 0 Å². The lowest BCUT2D eigenvalue weighted by molar-refractivity contribution is -0.157. The maximum atomic E-state index is 13.3. The third-order valence-corrected chi connectivity index (χ3v) is 15.0. The second-order valence-corrected chi connectivity index (χ2v) is 20.4. The topological polar surface area (TPSA) is 183 Å². The number of hydrogen-bond donors (Lipinski definition) is 2. The maximum Gasteiger partial charge on any atom is 0.337 e. The van der Waals surface area contributed by atoms with E-state index in [0.717, 1.165) is 22.3 Å². The van der Waals surface area contributed by atoms with E-state index >= 15 is 0 Å². The third-order valence-electron chi connectivity index (χ3n) is 11.2. The fourth-order valence-electron chi connectivity index (χ4n) is 7.03. The Morgan fingerprint density at radius 2 is 0.864 bits per heavy atom. The zero-order valence-corrected chi connectivity index (χ0v) is 41.3. The monoisotopic (exact) mass is 956 g/mol. The Morgan fingerprint density at radius 3 is 1.23 bits per heavy atom. The molecule has 0 aromatic heterocycles. The Balaban J connectivity index is 0.000000350. The van der Waals surface area contributed by atoms with Crippen molar-refractivity contribution in [2.75, 3.05) is 40.8 Å². The van der Waals surface area contributed by atoms with Crippen LogP contribution in [0.1, 0.15) is 62.8 Å². The van der Waals surface area contributed by atoms with Crippen molar-refractivity contribution in [3.8, 4) is 0 Å². The van der Waals surface area contributed by atoms with E-state index in [1.165, 1.54) is 28.4 Å². The number of ether oxygens (including phenoxy) is 4. The number of Topliss-reactive ketones (excluding diaryl/α,β-unsaturated/α-hetero) is 2. The lowest BCUT2D eigenvalue weighted by atomic mass is 9.90. The average Bonchev–Trinajstić information content (AvgIpc) is 3.36. The number of ketones is 2. The fourth-order valence-corrected chi connectivity index (χ4v) is 9.12. The highest BCUT2D eigenvalue weighted by Gasteiger charge is 2.42. The van der Waals surface area contributed by atoms with Gasteiger partial charge in [-0.15, -0.1) is 0 Å². The Bertz CT molecular complexity index is 2030. The summed E-state index contributed by atoms with van der Waals surface area (Å²) < 4.78 is 70.0. The Kier molecular flexibility index (Phi) is 25.7. The van der Waals surface area contributed by atoms with Gasteiger partial charge in [-0.25, -0.2) is 0 Å². The van der Waals surface area contributed by atoms with Crippen LogP contribution in [-0.4, -0.2) is 99.2 Å². The summed E-state index contributed by atoms with van der Waals surface area (Å²) in [5.41, 5.74) is 3.62. The van der Waals surface area contributed by atoms with E-state index in [9.17, 15) is 28.9 Å². The number of aliphatic hydroxyl groups excluding tert-OH is 2. The fraction of sp³-hybridized carbons (Fsp3) is 0.480. The summed E-state index contributed by atoms with van der Waals surface area (Å²) in [5.74, 6) is -1.55. The van der Waals surface area contributed by atoms with Crippen molar-refractivity contribution in [3.63, 3.8) is 0 Å². The SMILES string of the molecule is CCC(=O)[C@@H](C)[C@H](OCc1ccccc1)[C@@H](OCc1ccccc1)C(=O)CP(=O)(OC)OC.CC[C@@H](O)[C@@H](C)[C@H](OCc1ccccc1)[C@@H](OCc1ccccc1)C(O)CP(=O)(OC)OC. The standard InChI is InChI=1S/C25H37O7P.C25H33O7P/c2*1-5-22(26)19(2)24(31-16-20-12-8-6-9-13-20)25(23(27)18-33(28,29-3)30-4)32-17-21-14-10-7-11-15-21/h6-15,19,22-27H,5,16-18H2,1-4H3;6-15,19,24-25H,5,16-18H2,1-4H3/t19-,22-,23?,24+,25+;19-,24+,25+/m11/s1. The number of hydrogen-bond acceptors (Lipinski definition) is 14. The summed E-state index contributed by atoms with van der Waals surface area (Å²) in [6, 6.07) is 38.0. The third kappa shape index (κ3) is 18.8. The van der Waals surface area contributed by atoms with E-state index in [1.54, 1.807) is 13.8 Å². The first kappa shape index (κ1) is 56.6. The number of benzene rings is 4. The molecule has 4 aromatic carbocycles. The van der Waals surface area contributed by atoms with Gasteiger partial charge in [-0.2, -0.15) is 0 Å². The smallest absolute Gasteiger partial charge is 0.337 e. The largest absolute Gasteiger partial charge is 0.393 e. The van der Waals surface area contributed by atoms with Gasteiger partial charge in [0.15, 0.2) is 5.78 Å². The van der Waals surface area contributed by atoms with Crippen LogP contribution < -0.4 is 0 Å². The Hall–Kier alpha value is -3.72. The molecule has 16 heteroatoms. The van der Waals surface area contributed by atoms with Gasteiger partial charge in [0.1, 0.15) is 30.3 Å². The second kappa shape index (κ2) is 29.9. The minimum Gasteiger partial charge on any atom is -0.393 e. The molecule has 4 aromatic rings. The molecular weight excluding hydrogens is 886 g/mol. The van der Waals surface area contributed by atoms with Crippen molar-refractivity contribution < 1.29 is 66.0 Å². The predicted molar refractivity (Wildman–Crippen MR) is 254 cm³/mol. The van der Waals surface area contributed by atoms with Gasteiger partial charge in [-0.3, -0.25) is 18.7 Å². The predicted octanol–water partition coefficient (Wildman–Crippen LogP) is 9.24. The highest BCUT2D eigenvalue weighted by atomic mass is 31.2. The van der Waals surface area contributed by atoms with E-state index in [0.29, 0.717) is 12.8 Å². The summed E-state index contributed by atoms with van der Waals surface area (Å²) in [6.07, 6.45) is -5.41. The lowest BCUT2D eigenvalue weighted by Crippen LogP contribution is -2.48. The Labute approximate surface area is 391 Å². The van der Waals surface area contributed by atoms with Crippen LogP contribution in [0.25, 0.3) is 0 Å². The number of carbonyl (C=O) groups excluding carboxylic acids is 2. The molecule has 4 rings (SSSR count). The van der Waals surface area contributed by atoms with Crippen molar-refractivity contribution in [2.45, 2.75) is 104 Å². The number of carbonyl (C=O) groups is 2. The summed E-state index contributed by atoms with van der Waals surface area (Å²) in [6.45, 7) is 8.04. The molecule has 0 fully saturated rings. The highest BCUT2D eigenvalue weighted by molar-refractivity contribution is 7.54. The van der Waals surface area contributed by atoms with Crippen molar-refractivity contribution >= 4 is 26.8 Å². The molecular formula is C50H70O14P2. The van der Waals surface area contributed by atoms with Crippen LogP contribution >= 0.6 is 15.2 Å². The minimum atomic E-state index is -3.63. The molecule has 0 aliphatic carbocycles. The summed E-state index contributed by atoms with van der Waals surface area (Å²) in [7, 11) is -2.13. The zero-order chi connectivity index (χ0) is 48.5. The van der Waals surface area contributed by atoms with Gasteiger partial charge in [-0.05, 0) is 28.7 Å². The van der Waals surface area contributed by atoms with Crippen LogP contribution in [-0.2, 0) is 82.2 Å². The first-order valence-corrected chi connectivity index (χ1v) is 25.6. The summed E-state index contributed by atoms with van der Waals surface area (Å²) in [5, 5.41) is 21.8. The molecule has 364 valence electrons. The van der Waals surface area contributed by atoms with Crippen LogP contribution in [0.4, 0.5) is 0 Å². The van der Waals surface area contributed by atoms with Crippen molar-refractivity contribution in [3.05, 3.63) is 144 Å². The molecule has 0 bridgehead atoms. The van der Waals surface area contributed by atoms with Crippen LogP contribution in [0.3, 0.4) is 0 Å². The normalized spacial score (nSPS) is 15.5. The van der Waals surface area contributed by atoms with E-state index < -0.39 is 69.7 Å². The van der Waals surface area contributed by atoms with Gasteiger partial charge < -0.3 is 47.3 Å². The molecule has 0 radical (unpaired) electrons. The number of aliphatic hydroxyl groups is 2. The minimum absolute atomic E-state index is 0.0594. The van der Waals surface area contributed by atoms with Gasteiger partial charge in [-0.1, -0.05) is 149 Å². The van der Waals surface area contributed by atoms with E-state index in [1.807, 2.05) is 135 Å². The molecule has 0 spiro atoms. The average molecular weight is 957 g/mol. The molecule has 66 heavy (non-hydrogen) atoms. The molecule has 0 heterocycles. The molecule has 0 amide bonds. The van der Waals surface area contributed by atoms with E-state index in [2.05, 4.69) is 0 Å². The van der Waals surface area contributed by atoms with E-state index in [4.69, 9.17) is 37.0 Å². The van der Waals surface area contributed by atoms with Gasteiger partial charge in [0.05, 0.1) is 50.9 Å². The van der Waals surface area contributed by atoms with Crippen LogP contribution in [0.15, 0.2) is 121 Å². The summed E-state index contributed by atoms with van der Waals surface area (Å²) >= 11 is 0. The van der Waals surface area contributed by atoms with Crippen LogP contribution in [0.5, 0.6) is 0 Å². The first-order chi connectivity index (χ1) is 31.7. The van der Waals surface area contributed by atoms with Gasteiger partial charge in [0, 0.05) is 46.7 Å². The summed E-state index contributed by atoms with van der Waals surface area (Å²) in [4.78, 5) is 25.9. The molecule has 0 aliphatic rings. The van der Waals surface area contributed by atoms with Crippen molar-refractivity contribution in [2.24, 2.45) is 11.8 Å². The Morgan fingerprint density at radius 1 is 0.500 bits per heavy atom. The van der Waals surface area contributed by atoms with Crippen molar-refractivity contribution in [1.82, 2.24) is 0 Å². The molecule has 1 unspecified atom stereocenters. The van der Waals surface area contributed by atoms with Gasteiger partial charge in [0.2, 0.25) is 0 Å². The maximum absolute atomic E-state index is 13.3. The van der Waals surface area contributed by atoms with E-state index in [-0.39, 0.29) is 44.3 Å². The lowest BCUT2D eigenvalue weighted by Gasteiger charge is -2.37. The molecule has 2 N–H and O–H groups in total. The zero-order valence-electron chi connectivity index (χ0n) is 39.5. The first-order valence-electron chi connectivity index (χ1n) is 22.1. The van der Waals surface area contributed by atoms with Gasteiger partial charge in [0.25, 0.3) is 0 Å². The van der Waals surface area contributed by atoms with Gasteiger partial charge >= 0.3 is 15.2 Å². The molecule has 0 aliphatic heterocycles. The molecule has 8 atom stereocenters. The quantitative estimate of drug-likeness (QED) is 0.0472. The molecule has 0 saturated heterocycles. The van der Waals surface area contributed by atoms with Crippen LogP contribution in [0, 0.1) is 11.8 Å². The second-order valence-electron chi connectivity index (χ2n) is 15.8. The van der Waals surface area contributed by atoms with Crippen LogP contribution in [0.2, 0.25) is 0 Å².